The van der Waals surface area contributed by atoms with Gasteiger partial charge in [0, 0.05) is 4.88 Å². The van der Waals surface area contributed by atoms with Crippen molar-refractivity contribution in [3.05, 3.63) is 82.6 Å². The molecule has 2 aromatic carbocycles. The van der Waals surface area contributed by atoms with E-state index in [4.69, 9.17) is 0 Å². The Morgan fingerprint density at radius 1 is 1.04 bits per heavy atom. The van der Waals surface area contributed by atoms with Crippen LogP contribution in [0.1, 0.15) is 15.8 Å². The molecule has 0 aliphatic rings. The van der Waals surface area contributed by atoms with Gasteiger partial charge >= 0.3 is 0 Å². The quantitative estimate of drug-likeness (QED) is 0.572. The number of benzene rings is 2. The van der Waals surface area contributed by atoms with Gasteiger partial charge in [0.25, 0.3) is 0 Å². The van der Waals surface area contributed by atoms with Crippen molar-refractivity contribution in [2.45, 2.75) is 11.0 Å². The van der Waals surface area contributed by atoms with Crippen LogP contribution in [0.4, 0.5) is 0 Å². The van der Waals surface area contributed by atoms with Crippen LogP contribution >= 0.6 is 23.1 Å². The van der Waals surface area contributed by atoms with Crippen molar-refractivity contribution in [3.63, 3.8) is 0 Å². The van der Waals surface area contributed by atoms with Gasteiger partial charge in [0.2, 0.25) is 0 Å². The summed E-state index contributed by atoms with van der Waals surface area (Å²) in [5, 5.41) is 22.2. The van der Waals surface area contributed by atoms with Gasteiger partial charge < -0.3 is 5.11 Å². The molecule has 0 radical (unpaired) electrons. The van der Waals surface area contributed by atoms with E-state index in [1.807, 2.05) is 83.0 Å². The molecule has 126 valence electrons. The van der Waals surface area contributed by atoms with Crippen molar-refractivity contribution >= 4 is 34.1 Å². The van der Waals surface area contributed by atoms with E-state index < -0.39 is 5.60 Å². The molecule has 1 N–H and O–H groups in total. The summed E-state index contributed by atoms with van der Waals surface area (Å²) in [6, 6.07) is 21.5. The zero-order chi connectivity index (χ0) is 17.3. The molecule has 2 heterocycles. The van der Waals surface area contributed by atoms with Crippen molar-refractivity contribution < 1.29 is 5.11 Å². The number of rotatable bonds is 5. The van der Waals surface area contributed by atoms with E-state index in [-0.39, 0.29) is 5.37 Å². The van der Waals surface area contributed by atoms with Gasteiger partial charge in [-0.25, -0.2) is 4.68 Å². The molecule has 0 bridgehead atoms. The highest BCUT2D eigenvalue weighted by Gasteiger charge is 2.43. The Labute approximate surface area is 154 Å². The fourth-order valence-corrected chi connectivity index (χ4v) is 5.01. The lowest BCUT2D eigenvalue weighted by Crippen LogP contribution is -2.36. The SMILES string of the molecule is CSC(n1nnc2ccccc21)C(O)(c1ccccc1)c1cccs1. The average molecular weight is 367 g/mol. The molecular weight excluding hydrogens is 350 g/mol. The molecule has 25 heavy (non-hydrogen) atoms. The van der Waals surface area contributed by atoms with Crippen LogP contribution < -0.4 is 0 Å². The maximum atomic E-state index is 11.9. The van der Waals surface area contributed by atoms with E-state index in [1.54, 1.807) is 23.1 Å². The first-order valence-corrected chi connectivity index (χ1v) is 10.1. The Kier molecular flexibility index (Phi) is 4.33. The van der Waals surface area contributed by atoms with Crippen LogP contribution in [-0.2, 0) is 5.60 Å². The number of hydrogen-bond acceptors (Lipinski definition) is 5. The second-order valence-electron chi connectivity index (χ2n) is 5.72. The molecule has 6 heteroatoms. The standard InChI is InChI=1S/C19H17N3OS2/c1-24-18(22-16-11-6-5-10-15(16)20-21-22)19(23,17-12-7-13-25-17)14-8-3-2-4-9-14/h2-13,18,23H,1H3. The summed E-state index contributed by atoms with van der Waals surface area (Å²) in [4.78, 5) is 0.887. The molecular formula is C19H17N3OS2. The normalized spacial score (nSPS) is 15.1. The highest BCUT2D eigenvalue weighted by atomic mass is 32.2. The molecule has 0 spiro atoms. The molecule has 2 aromatic heterocycles. The van der Waals surface area contributed by atoms with Gasteiger partial charge in [-0.05, 0) is 35.4 Å². The van der Waals surface area contributed by atoms with Crippen molar-refractivity contribution in [2.24, 2.45) is 0 Å². The smallest absolute Gasteiger partial charge is 0.155 e. The first kappa shape index (κ1) is 16.3. The predicted molar refractivity (Wildman–Crippen MR) is 104 cm³/mol. The van der Waals surface area contributed by atoms with Gasteiger partial charge in [-0.3, -0.25) is 0 Å². The summed E-state index contributed by atoms with van der Waals surface area (Å²) in [6.45, 7) is 0. The minimum absolute atomic E-state index is 0.346. The summed E-state index contributed by atoms with van der Waals surface area (Å²) in [6.07, 6.45) is 1.99. The first-order chi connectivity index (χ1) is 12.2. The highest BCUT2D eigenvalue weighted by Crippen LogP contribution is 2.46. The number of aliphatic hydroxyl groups is 1. The fourth-order valence-electron chi connectivity index (χ4n) is 3.10. The van der Waals surface area contributed by atoms with E-state index >= 15 is 0 Å². The van der Waals surface area contributed by atoms with E-state index in [9.17, 15) is 5.11 Å². The Morgan fingerprint density at radius 2 is 1.80 bits per heavy atom. The number of hydrogen-bond donors (Lipinski definition) is 1. The molecule has 4 aromatic rings. The topological polar surface area (TPSA) is 50.9 Å². The van der Waals surface area contributed by atoms with Crippen LogP contribution in [0.25, 0.3) is 11.0 Å². The second kappa shape index (κ2) is 6.63. The van der Waals surface area contributed by atoms with Gasteiger partial charge in [0.05, 0.1) is 5.52 Å². The minimum atomic E-state index is -1.20. The molecule has 2 unspecified atom stereocenters. The third-order valence-electron chi connectivity index (χ3n) is 4.29. The Bertz CT molecular complexity index is 969. The number of aromatic nitrogens is 3. The number of nitrogens with zero attached hydrogens (tertiary/aromatic N) is 3. The summed E-state index contributed by atoms with van der Waals surface area (Å²) in [5.74, 6) is 0. The van der Waals surface area contributed by atoms with Crippen molar-refractivity contribution in [1.29, 1.82) is 0 Å². The van der Waals surface area contributed by atoms with Crippen LogP contribution in [0.15, 0.2) is 72.1 Å². The van der Waals surface area contributed by atoms with Gasteiger partial charge in [-0.2, -0.15) is 0 Å². The summed E-state index contributed by atoms with van der Waals surface area (Å²) in [7, 11) is 0. The van der Waals surface area contributed by atoms with Crippen molar-refractivity contribution in [2.75, 3.05) is 6.26 Å². The lowest BCUT2D eigenvalue weighted by Gasteiger charge is -2.35. The van der Waals surface area contributed by atoms with Gasteiger partial charge in [0.1, 0.15) is 10.9 Å². The minimum Gasteiger partial charge on any atom is -0.376 e. The summed E-state index contributed by atoms with van der Waals surface area (Å²) < 4.78 is 1.83. The lowest BCUT2D eigenvalue weighted by molar-refractivity contribution is 0.0576. The van der Waals surface area contributed by atoms with E-state index in [2.05, 4.69) is 10.3 Å². The van der Waals surface area contributed by atoms with Gasteiger partial charge in [0.15, 0.2) is 5.60 Å². The fraction of sp³-hybridized carbons (Fsp3) is 0.158. The van der Waals surface area contributed by atoms with Crippen LogP contribution in [0, 0.1) is 0 Å². The third-order valence-corrected chi connectivity index (χ3v) is 6.27. The average Bonchev–Trinajstić information content (AvgIpc) is 3.33. The van der Waals surface area contributed by atoms with E-state index in [0.29, 0.717) is 0 Å². The second-order valence-corrected chi connectivity index (χ2v) is 7.59. The molecule has 0 aliphatic carbocycles. The number of thioether (sulfide) groups is 1. The molecule has 0 amide bonds. The number of fused-ring (bicyclic) bond motifs is 1. The molecule has 0 aliphatic heterocycles. The van der Waals surface area contributed by atoms with Gasteiger partial charge in [-0.1, -0.05) is 53.7 Å². The zero-order valence-electron chi connectivity index (χ0n) is 13.6. The summed E-state index contributed by atoms with van der Waals surface area (Å²) in [5.41, 5.74) is 1.37. The molecule has 4 rings (SSSR count). The molecule has 2 atom stereocenters. The van der Waals surface area contributed by atoms with E-state index in [0.717, 1.165) is 21.5 Å². The maximum absolute atomic E-state index is 11.9. The first-order valence-electron chi connectivity index (χ1n) is 7.89. The Morgan fingerprint density at radius 3 is 2.52 bits per heavy atom. The van der Waals surface area contributed by atoms with Crippen LogP contribution in [0.5, 0.6) is 0 Å². The van der Waals surface area contributed by atoms with Crippen molar-refractivity contribution in [1.82, 2.24) is 15.0 Å². The van der Waals surface area contributed by atoms with Crippen LogP contribution in [-0.4, -0.2) is 26.4 Å². The largest absolute Gasteiger partial charge is 0.376 e. The van der Waals surface area contributed by atoms with Crippen LogP contribution in [0.2, 0.25) is 0 Å². The molecule has 0 saturated carbocycles. The highest BCUT2D eigenvalue weighted by molar-refractivity contribution is 7.98. The molecule has 4 nitrogen and oxygen atoms in total. The van der Waals surface area contributed by atoms with E-state index in [1.165, 1.54) is 0 Å². The van der Waals surface area contributed by atoms with Gasteiger partial charge in [-0.15, -0.1) is 28.2 Å². The molecule has 0 saturated heterocycles. The third kappa shape index (κ3) is 2.66. The predicted octanol–water partition coefficient (Wildman–Crippen LogP) is 4.29. The van der Waals surface area contributed by atoms with Crippen molar-refractivity contribution in [3.8, 4) is 0 Å². The number of thiophene rings is 1. The Balaban J connectivity index is 1.94. The maximum Gasteiger partial charge on any atom is 0.155 e. The number of para-hydroxylation sites is 1. The zero-order valence-corrected chi connectivity index (χ0v) is 15.2. The Hall–Kier alpha value is -2.15. The van der Waals surface area contributed by atoms with Crippen LogP contribution in [0.3, 0.4) is 0 Å². The molecule has 0 fully saturated rings. The monoisotopic (exact) mass is 367 g/mol. The summed E-state index contributed by atoms with van der Waals surface area (Å²) >= 11 is 3.11. The lowest BCUT2D eigenvalue weighted by atomic mass is 9.91.